The van der Waals surface area contributed by atoms with Crippen molar-refractivity contribution in [3.05, 3.63) is 0 Å². The number of carboxylic acid groups (broad SMARTS) is 1. The molecule has 0 spiro atoms. The molecule has 0 aromatic carbocycles. The molecule has 0 heterocycles. The summed E-state index contributed by atoms with van der Waals surface area (Å²) in [6, 6.07) is 0. The summed E-state index contributed by atoms with van der Waals surface area (Å²) in [4.78, 5) is 9.91. The summed E-state index contributed by atoms with van der Waals surface area (Å²) >= 11 is 0. The Labute approximate surface area is 97.6 Å². The second-order valence-electron chi connectivity index (χ2n) is 2.54. The Bertz CT molecular complexity index is 84.7. The molecule has 0 aromatic rings. The van der Waals surface area contributed by atoms with Gasteiger partial charge in [0.25, 0.3) is 0 Å². The minimum atomic E-state index is -1.01. The second kappa shape index (κ2) is 5.82. The van der Waals surface area contributed by atoms with Gasteiger partial charge in [-0.1, -0.05) is 20.8 Å². The van der Waals surface area contributed by atoms with E-state index >= 15 is 0 Å². The number of rotatable bonds is 0. The normalized spacial score (nSPS) is 8.78. The molecule has 0 unspecified atom stereocenters. The summed E-state index contributed by atoms with van der Waals surface area (Å²) in [5.74, 6) is -1.01. The molecule has 0 aromatic heterocycles. The minimum Gasteiger partial charge on any atom is -0.550 e. The Morgan fingerprint density at radius 2 is 1.44 bits per heavy atom. The van der Waals surface area contributed by atoms with E-state index in [1.807, 2.05) is 0 Å². The van der Waals surface area contributed by atoms with Gasteiger partial charge < -0.3 is 15.4 Å². The Balaban J connectivity index is -0.000000180. The van der Waals surface area contributed by atoms with Crippen LogP contribution in [0.4, 0.5) is 0 Å². The van der Waals surface area contributed by atoms with E-state index in [0.717, 1.165) is 0 Å². The van der Waals surface area contributed by atoms with Crippen LogP contribution in [0.1, 0.15) is 20.8 Å². The van der Waals surface area contributed by atoms with E-state index in [1.165, 1.54) is 0 Å². The molecule has 0 fully saturated rings. The van der Waals surface area contributed by atoms with Gasteiger partial charge in [-0.15, -0.1) is 0 Å². The van der Waals surface area contributed by atoms with Gasteiger partial charge in [-0.3, -0.25) is 0 Å². The molecule has 0 saturated heterocycles. The molecule has 0 radical (unpaired) electrons. The van der Waals surface area contributed by atoms with E-state index in [4.69, 9.17) is 0 Å². The molecule has 0 saturated carbocycles. The minimum absolute atomic E-state index is 0. The van der Waals surface area contributed by atoms with Crippen LogP contribution in [-0.4, -0.2) is 11.4 Å². The van der Waals surface area contributed by atoms with Crippen molar-refractivity contribution in [1.82, 2.24) is 0 Å². The van der Waals surface area contributed by atoms with Crippen LogP contribution in [0.15, 0.2) is 0 Å². The fraction of sp³-hybridized carbons (Fsp3) is 0.800. The zero-order chi connectivity index (χ0) is 6.08. The van der Waals surface area contributed by atoms with Crippen molar-refractivity contribution >= 4 is 5.97 Å². The predicted octanol–water partition coefficient (Wildman–Crippen LogP) is -4.04. The monoisotopic (exact) mass is 158 g/mol. The van der Waals surface area contributed by atoms with Crippen molar-refractivity contribution in [2.24, 2.45) is 5.41 Å². The molecule has 9 heavy (non-hydrogen) atoms. The van der Waals surface area contributed by atoms with Crippen molar-refractivity contribution in [2.45, 2.75) is 20.8 Å². The average molecular weight is 158 g/mol. The molecule has 4 heteroatoms. The van der Waals surface area contributed by atoms with Crippen LogP contribution >= 0.6 is 0 Å². The van der Waals surface area contributed by atoms with Crippen molar-refractivity contribution in [2.75, 3.05) is 0 Å². The van der Waals surface area contributed by atoms with Gasteiger partial charge in [-0.2, -0.15) is 0 Å². The Morgan fingerprint density at radius 1 is 1.33 bits per heavy atom. The first-order valence-electron chi connectivity index (χ1n) is 2.16. The quantitative estimate of drug-likeness (QED) is 0.337. The number of carbonyl (C=O) groups is 1. The molecule has 0 amide bonds. The second-order valence-corrected chi connectivity index (χ2v) is 2.54. The Kier molecular flexibility index (Phi) is 10.7. The first-order chi connectivity index (χ1) is 2.94. The van der Waals surface area contributed by atoms with Gasteiger partial charge in [0.2, 0.25) is 0 Å². The maximum atomic E-state index is 9.91. The molecule has 50 valence electrons. The van der Waals surface area contributed by atoms with Gasteiger partial charge >= 0.3 is 51.4 Å². The van der Waals surface area contributed by atoms with E-state index in [-0.39, 0.29) is 56.9 Å². The average Bonchev–Trinajstić information content (AvgIpc) is 1.31. The van der Waals surface area contributed by atoms with E-state index in [0.29, 0.717) is 0 Å². The molecule has 0 atom stereocenters. The largest absolute Gasteiger partial charge is 1.00 e. The number of aliphatic carboxylic acids is 1. The number of hydrogen-bond donors (Lipinski definition) is 0. The van der Waals surface area contributed by atoms with Crippen molar-refractivity contribution in [3.63, 3.8) is 0 Å². The summed E-state index contributed by atoms with van der Waals surface area (Å²) < 4.78 is 0. The third-order valence-electron chi connectivity index (χ3n) is 0.612. The maximum absolute atomic E-state index is 9.91. The fourth-order valence-corrected chi connectivity index (χ4v) is 0. The zero-order valence-corrected chi connectivity index (χ0v) is 9.44. The van der Waals surface area contributed by atoms with Gasteiger partial charge in [0.05, 0.1) is 0 Å². The Hall–Kier alpha value is 1.07. The van der Waals surface area contributed by atoms with Crippen LogP contribution in [0.3, 0.4) is 0 Å². The number of carbonyl (C=O) groups excluding carboxylic acids is 1. The van der Waals surface area contributed by atoms with Gasteiger partial charge in [0.15, 0.2) is 0 Å². The Morgan fingerprint density at radius 3 is 1.44 bits per heavy atom. The van der Waals surface area contributed by atoms with Crippen molar-refractivity contribution in [3.8, 4) is 0 Å². The van der Waals surface area contributed by atoms with E-state index in [1.54, 1.807) is 20.8 Å². The summed E-state index contributed by atoms with van der Waals surface area (Å²) in [6.07, 6.45) is 0. The van der Waals surface area contributed by atoms with Crippen LogP contribution < -0.4 is 56.5 Å². The van der Waals surface area contributed by atoms with Crippen LogP contribution in [0.25, 0.3) is 0 Å². The smallest absolute Gasteiger partial charge is 0.550 e. The summed E-state index contributed by atoms with van der Waals surface area (Å²) in [5.41, 5.74) is -0.694. The van der Waals surface area contributed by atoms with Crippen molar-refractivity contribution in [1.29, 1.82) is 0 Å². The van der Waals surface area contributed by atoms with Gasteiger partial charge in [-0.25, -0.2) is 0 Å². The van der Waals surface area contributed by atoms with E-state index < -0.39 is 11.4 Å². The molecule has 0 aliphatic heterocycles. The maximum Gasteiger partial charge on any atom is 1.00 e. The SMILES string of the molecule is CC(C)(C)C(=O)[O-].O.[K+]. The summed E-state index contributed by atoms with van der Waals surface area (Å²) in [6.45, 7) is 4.80. The van der Waals surface area contributed by atoms with Crippen LogP contribution in [0, 0.1) is 5.41 Å². The number of hydrogen-bond acceptors (Lipinski definition) is 2. The molecule has 0 aliphatic carbocycles. The molecular weight excluding hydrogens is 147 g/mol. The van der Waals surface area contributed by atoms with Crippen molar-refractivity contribution < 1.29 is 66.8 Å². The van der Waals surface area contributed by atoms with E-state index in [9.17, 15) is 9.90 Å². The molecule has 0 bridgehead atoms. The molecule has 3 nitrogen and oxygen atoms in total. The summed E-state index contributed by atoms with van der Waals surface area (Å²) in [5, 5.41) is 9.91. The molecular formula is C5H11KO3. The standard InChI is InChI=1S/C5H10O2.K.H2O/c1-5(2,3)4(6)7;;/h1-3H3,(H,6,7);;1H2/q;+1;/p-1. The van der Waals surface area contributed by atoms with Gasteiger partial charge in [0.1, 0.15) is 0 Å². The third-order valence-corrected chi connectivity index (χ3v) is 0.612. The first-order valence-corrected chi connectivity index (χ1v) is 2.16. The molecule has 0 aliphatic rings. The van der Waals surface area contributed by atoms with Crippen LogP contribution in [0.2, 0.25) is 0 Å². The topological polar surface area (TPSA) is 71.6 Å². The first kappa shape index (κ1) is 16.6. The van der Waals surface area contributed by atoms with Gasteiger partial charge in [-0.05, 0) is 0 Å². The number of carboxylic acids is 1. The van der Waals surface area contributed by atoms with Gasteiger partial charge in [0, 0.05) is 11.4 Å². The summed E-state index contributed by atoms with van der Waals surface area (Å²) in [7, 11) is 0. The molecule has 2 N–H and O–H groups in total. The predicted molar refractivity (Wildman–Crippen MR) is 28.1 cm³/mol. The molecule has 0 rings (SSSR count). The fourth-order valence-electron chi connectivity index (χ4n) is 0. The third kappa shape index (κ3) is 9.07. The zero-order valence-electron chi connectivity index (χ0n) is 6.32. The van der Waals surface area contributed by atoms with Crippen LogP contribution in [0.5, 0.6) is 0 Å². The van der Waals surface area contributed by atoms with Crippen LogP contribution in [-0.2, 0) is 4.79 Å². The van der Waals surface area contributed by atoms with E-state index in [2.05, 4.69) is 0 Å².